The molecule has 1 saturated heterocycles. The van der Waals surface area contributed by atoms with Gasteiger partial charge in [0.15, 0.2) is 11.0 Å². The Morgan fingerprint density at radius 1 is 1.07 bits per heavy atom. The molecule has 10 nitrogen and oxygen atoms in total. The largest absolute Gasteiger partial charge is 0.393 e. The molecular formula is C29H38ClFN10. The minimum Gasteiger partial charge on any atom is -0.393 e. The summed E-state index contributed by atoms with van der Waals surface area (Å²) in [6, 6.07) is 4.07. The number of anilines is 5. The normalized spacial score (nSPS) is 20.0. The van der Waals surface area contributed by atoms with Crippen molar-refractivity contribution in [1.29, 1.82) is 0 Å². The van der Waals surface area contributed by atoms with E-state index in [0.717, 1.165) is 49.4 Å². The summed E-state index contributed by atoms with van der Waals surface area (Å²) in [5.74, 6) is 0.732. The van der Waals surface area contributed by atoms with Crippen LogP contribution in [-0.4, -0.2) is 89.1 Å². The highest BCUT2D eigenvalue weighted by Crippen LogP contribution is 2.38. The molecule has 0 spiro atoms. The van der Waals surface area contributed by atoms with Gasteiger partial charge in [-0.3, -0.25) is 4.90 Å². The predicted molar refractivity (Wildman–Crippen MR) is 164 cm³/mol. The summed E-state index contributed by atoms with van der Waals surface area (Å²) < 4.78 is 16.0. The van der Waals surface area contributed by atoms with Gasteiger partial charge in [-0.05, 0) is 59.1 Å². The third-order valence-corrected chi connectivity index (χ3v) is 8.15. The lowest BCUT2D eigenvalue weighted by Crippen LogP contribution is -2.55. The maximum absolute atomic E-state index is 16.0. The van der Waals surface area contributed by atoms with Crippen LogP contribution in [0.3, 0.4) is 0 Å². The van der Waals surface area contributed by atoms with Crippen LogP contribution in [0.15, 0.2) is 36.9 Å². The second-order valence-corrected chi connectivity index (χ2v) is 11.6. The smallest absolute Gasteiger partial charge is 0.225 e. The fourth-order valence-corrected chi connectivity index (χ4v) is 5.57. The number of halogens is 2. The van der Waals surface area contributed by atoms with Gasteiger partial charge in [0.2, 0.25) is 5.95 Å². The maximum atomic E-state index is 16.0. The van der Waals surface area contributed by atoms with Crippen LogP contribution in [0.25, 0.3) is 5.57 Å². The van der Waals surface area contributed by atoms with Crippen LogP contribution in [0.2, 0.25) is 5.15 Å². The van der Waals surface area contributed by atoms with E-state index in [-0.39, 0.29) is 16.7 Å². The number of likely N-dealkylation sites (N-methyl/N-ethyl adjacent to an activating group) is 1. The number of nitrogens with one attached hydrogen (secondary N) is 1. The standard InChI is InChI=1S/C29H38ClFN10/c1-18-13-41(14-19(2)39(18)5)25-10-23(31)22(9-24(25)37-28-26(32)27(30)35-17-36-28)21-7-6-8-40(16-21)29-33-11-20(12-34-29)15-38(3)4/h7,9-12,17-19H,6,8,13-16,32H2,1-5H3,(H,35,36,37)/t18-,19+. The van der Waals surface area contributed by atoms with E-state index in [1.807, 2.05) is 32.6 Å². The van der Waals surface area contributed by atoms with Crippen LogP contribution in [0.5, 0.6) is 0 Å². The molecule has 0 radical (unpaired) electrons. The zero-order chi connectivity index (χ0) is 29.3. The van der Waals surface area contributed by atoms with Gasteiger partial charge in [0.1, 0.15) is 17.8 Å². The summed E-state index contributed by atoms with van der Waals surface area (Å²) in [5, 5.41) is 3.50. The van der Waals surface area contributed by atoms with Crippen LogP contribution in [0.4, 0.5) is 33.2 Å². The molecule has 5 rings (SSSR count). The van der Waals surface area contributed by atoms with Crippen molar-refractivity contribution in [2.24, 2.45) is 0 Å². The van der Waals surface area contributed by atoms with Gasteiger partial charge in [0.05, 0.1) is 11.4 Å². The van der Waals surface area contributed by atoms with Crippen LogP contribution in [-0.2, 0) is 6.54 Å². The predicted octanol–water partition coefficient (Wildman–Crippen LogP) is 4.27. The molecule has 4 heterocycles. The van der Waals surface area contributed by atoms with E-state index in [9.17, 15) is 0 Å². The zero-order valence-corrected chi connectivity index (χ0v) is 25.0. The SMILES string of the molecule is C[C@@H]1CN(c2cc(F)c(C3=CCCN(c4ncc(CN(C)C)cn4)C3)cc2Nc2ncnc(Cl)c2N)C[C@H](C)N1C. The van der Waals surface area contributed by atoms with Crippen LogP contribution < -0.4 is 20.9 Å². The average molecular weight is 581 g/mol. The molecule has 0 bridgehead atoms. The van der Waals surface area contributed by atoms with Gasteiger partial charge in [-0.1, -0.05) is 17.7 Å². The maximum Gasteiger partial charge on any atom is 0.225 e. The van der Waals surface area contributed by atoms with Crippen molar-refractivity contribution in [2.45, 2.75) is 38.9 Å². The molecule has 2 aliphatic heterocycles. The van der Waals surface area contributed by atoms with E-state index < -0.39 is 0 Å². The minimum atomic E-state index is -0.283. The molecule has 0 aliphatic carbocycles. The molecule has 218 valence electrons. The molecule has 2 aromatic heterocycles. The van der Waals surface area contributed by atoms with E-state index in [0.29, 0.717) is 41.6 Å². The lowest BCUT2D eigenvalue weighted by atomic mass is 9.98. The van der Waals surface area contributed by atoms with Crippen LogP contribution in [0, 0.1) is 5.82 Å². The van der Waals surface area contributed by atoms with Crippen molar-refractivity contribution in [2.75, 3.05) is 68.2 Å². The number of benzene rings is 1. The lowest BCUT2D eigenvalue weighted by Gasteiger charge is -2.44. The Morgan fingerprint density at radius 3 is 2.46 bits per heavy atom. The molecule has 1 fully saturated rings. The van der Waals surface area contributed by atoms with Crippen molar-refractivity contribution in [3.8, 4) is 0 Å². The van der Waals surface area contributed by atoms with Gasteiger partial charge in [-0.15, -0.1) is 0 Å². The van der Waals surface area contributed by atoms with Crippen molar-refractivity contribution in [1.82, 2.24) is 29.7 Å². The number of hydrogen-bond acceptors (Lipinski definition) is 10. The van der Waals surface area contributed by atoms with Gasteiger partial charge in [-0.25, -0.2) is 24.3 Å². The molecule has 12 heteroatoms. The van der Waals surface area contributed by atoms with Gasteiger partial charge < -0.3 is 25.8 Å². The minimum absolute atomic E-state index is 0.162. The molecule has 2 atom stereocenters. The monoisotopic (exact) mass is 580 g/mol. The molecule has 3 N–H and O–H groups in total. The van der Waals surface area contributed by atoms with E-state index in [1.165, 1.54) is 6.33 Å². The molecule has 3 aromatic rings. The van der Waals surface area contributed by atoms with Gasteiger partial charge in [0, 0.05) is 68.3 Å². The molecular weight excluding hydrogens is 543 g/mol. The van der Waals surface area contributed by atoms with Crippen molar-refractivity contribution >= 4 is 46.0 Å². The fraction of sp³-hybridized carbons (Fsp3) is 0.448. The number of piperazine rings is 1. The zero-order valence-electron chi connectivity index (χ0n) is 24.3. The summed E-state index contributed by atoms with van der Waals surface area (Å²) in [6.07, 6.45) is 7.91. The Kier molecular flexibility index (Phi) is 8.58. The summed E-state index contributed by atoms with van der Waals surface area (Å²) in [7, 11) is 6.15. The van der Waals surface area contributed by atoms with Crippen molar-refractivity contribution in [3.05, 3.63) is 59.0 Å². The Labute approximate surface area is 246 Å². The van der Waals surface area contributed by atoms with E-state index in [4.69, 9.17) is 17.3 Å². The third-order valence-electron chi connectivity index (χ3n) is 7.84. The fourth-order valence-electron chi connectivity index (χ4n) is 5.44. The number of rotatable bonds is 7. The third kappa shape index (κ3) is 6.37. The van der Waals surface area contributed by atoms with Crippen molar-refractivity contribution in [3.63, 3.8) is 0 Å². The van der Waals surface area contributed by atoms with E-state index in [2.05, 4.69) is 71.8 Å². The second-order valence-electron chi connectivity index (χ2n) is 11.2. The topological polar surface area (TPSA) is 103 Å². The Bertz CT molecular complexity index is 1400. The Balaban J connectivity index is 1.48. The molecule has 0 unspecified atom stereocenters. The Hall–Kier alpha value is -3.54. The Morgan fingerprint density at radius 2 is 1.78 bits per heavy atom. The number of nitrogens with two attached hydrogens (primary N) is 1. The first-order valence-corrected chi connectivity index (χ1v) is 14.2. The highest BCUT2D eigenvalue weighted by Gasteiger charge is 2.29. The highest BCUT2D eigenvalue weighted by atomic mass is 35.5. The lowest BCUT2D eigenvalue weighted by molar-refractivity contribution is 0.170. The molecule has 41 heavy (non-hydrogen) atoms. The number of nitrogens with zero attached hydrogens (tertiary/aromatic N) is 8. The number of hydrogen-bond donors (Lipinski definition) is 2. The first-order chi connectivity index (χ1) is 19.6. The molecule has 2 aliphatic rings. The first kappa shape index (κ1) is 29.0. The highest BCUT2D eigenvalue weighted by molar-refractivity contribution is 6.32. The van der Waals surface area contributed by atoms with Gasteiger partial charge >= 0.3 is 0 Å². The molecule has 0 saturated carbocycles. The van der Waals surface area contributed by atoms with Crippen LogP contribution in [0.1, 0.15) is 31.4 Å². The average Bonchev–Trinajstić information content (AvgIpc) is 2.94. The number of aromatic nitrogens is 4. The summed E-state index contributed by atoms with van der Waals surface area (Å²) in [6.45, 7) is 7.89. The summed E-state index contributed by atoms with van der Waals surface area (Å²) in [4.78, 5) is 26.2. The first-order valence-electron chi connectivity index (χ1n) is 13.8. The van der Waals surface area contributed by atoms with E-state index >= 15 is 4.39 Å². The van der Waals surface area contributed by atoms with Crippen molar-refractivity contribution < 1.29 is 4.39 Å². The van der Waals surface area contributed by atoms with Gasteiger partial charge in [0.25, 0.3) is 0 Å². The second kappa shape index (κ2) is 12.1. The van der Waals surface area contributed by atoms with Gasteiger partial charge in [-0.2, -0.15) is 0 Å². The van der Waals surface area contributed by atoms with E-state index in [1.54, 1.807) is 6.07 Å². The molecule has 0 amide bonds. The number of nitrogen functional groups attached to an aromatic ring is 1. The molecule has 1 aromatic carbocycles. The summed E-state index contributed by atoms with van der Waals surface area (Å²) >= 11 is 6.19. The van der Waals surface area contributed by atoms with Crippen LogP contribution >= 0.6 is 11.6 Å². The summed E-state index contributed by atoms with van der Waals surface area (Å²) in [5.41, 5.74) is 10.3. The quantitative estimate of drug-likeness (QED) is 0.394.